The number of hydrogen-bond acceptors (Lipinski definition) is 7. The van der Waals surface area contributed by atoms with Gasteiger partial charge in [0.1, 0.15) is 6.04 Å². The van der Waals surface area contributed by atoms with Gasteiger partial charge in [-0.25, -0.2) is 0 Å². The van der Waals surface area contributed by atoms with Gasteiger partial charge in [0, 0.05) is 5.75 Å². The van der Waals surface area contributed by atoms with Crippen LogP contribution in [0.15, 0.2) is 12.1 Å². The van der Waals surface area contributed by atoms with Gasteiger partial charge in [-0.3, -0.25) is 20.2 Å². The number of carboxylic acids is 1. The van der Waals surface area contributed by atoms with E-state index in [1.54, 1.807) is 0 Å². The van der Waals surface area contributed by atoms with Crippen molar-refractivity contribution in [3.05, 3.63) is 27.8 Å². The van der Waals surface area contributed by atoms with E-state index in [-0.39, 0.29) is 12.5 Å². The number of fused-ring (bicyclic) bond motifs is 1. The lowest BCUT2D eigenvalue weighted by Gasteiger charge is -2.12. The number of nitro benzene ring substituents is 1. The molecule has 1 saturated heterocycles. The number of hydrogen-bond donors (Lipinski definition) is 2. The molecule has 2 N–H and O–H groups in total. The minimum absolute atomic E-state index is 0.0267. The Morgan fingerprint density at radius 1 is 1.45 bits per heavy atom. The smallest absolute Gasteiger partial charge is 0.321 e. The summed E-state index contributed by atoms with van der Waals surface area (Å²) in [6, 6.07) is 2.14. The monoisotopic (exact) mass is 298 g/mol. The Morgan fingerprint density at radius 2 is 2.15 bits per heavy atom. The summed E-state index contributed by atoms with van der Waals surface area (Å²) >= 11 is 1.32. The van der Waals surface area contributed by atoms with Crippen LogP contribution in [0.2, 0.25) is 0 Å². The van der Waals surface area contributed by atoms with Crippen LogP contribution in [0.3, 0.4) is 0 Å². The SMILES string of the molecule is O=C(O)[C@@H]1CS[C@H](c2cc3c(cc2[N+](=O)[O-])OCO3)N1. The Hall–Kier alpha value is -2.00. The van der Waals surface area contributed by atoms with Crippen LogP contribution in [0.25, 0.3) is 0 Å². The number of benzene rings is 1. The lowest BCUT2D eigenvalue weighted by Crippen LogP contribution is -2.33. The number of nitrogens with one attached hydrogen (secondary N) is 1. The van der Waals surface area contributed by atoms with Gasteiger partial charge in [-0.2, -0.15) is 0 Å². The summed E-state index contributed by atoms with van der Waals surface area (Å²) < 4.78 is 10.3. The summed E-state index contributed by atoms with van der Waals surface area (Å²) in [6.07, 6.45) is 0. The second-order valence-electron chi connectivity index (χ2n) is 4.29. The Bertz CT molecular complexity index is 593. The maximum absolute atomic E-state index is 11.1. The molecule has 0 bridgehead atoms. The number of nitro groups is 1. The molecular formula is C11H10N2O6S. The highest BCUT2D eigenvalue weighted by molar-refractivity contribution is 7.99. The van der Waals surface area contributed by atoms with Crippen LogP contribution in [0.5, 0.6) is 11.5 Å². The van der Waals surface area contributed by atoms with Gasteiger partial charge in [-0.15, -0.1) is 11.8 Å². The standard InChI is InChI=1S/C11H10N2O6S/c14-11(15)6-3-20-10(12-6)5-1-8-9(19-4-18-8)2-7(5)13(16)17/h1-2,6,10,12H,3-4H2,(H,14,15)/t6-,10+/m0/s1. The Balaban J connectivity index is 1.96. The van der Waals surface area contributed by atoms with E-state index in [2.05, 4.69) is 5.32 Å². The minimum atomic E-state index is -0.969. The van der Waals surface area contributed by atoms with Crippen molar-refractivity contribution in [1.29, 1.82) is 0 Å². The fourth-order valence-corrected chi connectivity index (χ4v) is 3.36. The topological polar surface area (TPSA) is 111 Å². The molecular weight excluding hydrogens is 288 g/mol. The van der Waals surface area contributed by atoms with E-state index in [4.69, 9.17) is 14.6 Å². The first-order chi connectivity index (χ1) is 9.56. The fourth-order valence-electron chi connectivity index (χ4n) is 2.11. The average Bonchev–Trinajstić information content (AvgIpc) is 3.05. The molecule has 0 aliphatic carbocycles. The molecule has 8 nitrogen and oxygen atoms in total. The second kappa shape index (κ2) is 4.84. The molecule has 0 unspecified atom stereocenters. The van der Waals surface area contributed by atoms with E-state index in [1.807, 2.05) is 0 Å². The first-order valence-corrected chi connectivity index (χ1v) is 6.79. The Kier molecular flexibility index (Phi) is 3.14. The van der Waals surface area contributed by atoms with Crippen LogP contribution >= 0.6 is 11.8 Å². The molecule has 0 radical (unpaired) electrons. The summed E-state index contributed by atoms with van der Waals surface area (Å²) in [5.41, 5.74) is 0.290. The molecule has 1 fully saturated rings. The third kappa shape index (κ3) is 2.14. The lowest BCUT2D eigenvalue weighted by atomic mass is 10.1. The van der Waals surface area contributed by atoms with Gasteiger partial charge in [0.2, 0.25) is 6.79 Å². The van der Waals surface area contributed by atoms with Crippen molar-refractivity contribution >= 4 is 23.4 Å². The molecule has 3 rings (SSSR count). The van der Waals surface area contributed by atoms with Gasteiger partial charge < -0.3 is 14.6 Å². The molecule has 0 saturated carbocycles. The number of carbonyl (C=O) groups is 1. The quantitative estimate of drug-likeness (QED) is 0.630. The van der Waals surface area contributed by atoms with Crippen molar-refractivity contribution in [2.75, 3.05) is 12.5 Å². The molecule has 0 amide bonds. The van der Waals surface area contributed by atoms with Gasteiger partial charge in [0.15, 0.2) is 11.5 Å². The summed E-state index contributed by atoms with van der Waals surface area (Å²) in [5.74, 6) is 0.152. The van der Waals surface area contributed by atoms with Crippen molar-refractivity contribution in [2.24, 2.45) is 0 Å². The second-order valence-corrected chi connectivity index (χ2v) is 5.43. The zero-order chi connectivity index (χ0) is 14.3. The summed E-state index contributed by atoms with van der Waals surface area (Å²) in [5, 5.41) is 22.5. The van der Waals surface area contributed by atoms with Crippen molar-refractivity contribution in [3.8, 4) is 11.5 Å². The molecule has 2 aliphatic rings. The van der Waals surface area contributed by atoms with E-state index >= 15 is 0 Å². The third-order valence-electron chi connectivity index (χ3n) is 3.08. The highest BCUT2D eigenvalue weighted by Gasteiger charge is 2.35. The van der Waals surface area contributed by atoms with Crippen LogP contribution in [0.1, 0.15) is 10.9 Å². The fraction of sp³-hybridized carbons (Fsp3) is 0.364. The highest BCUT2D eigenvalue weighted by atomic mass is 32.2. The van der Waals surface area contributed by atoms with Crippen molar-refractivity contribution in [3.63, 3.8) is 0 Å². The zero-order valence-corrected chi connectivity index (χ0v) is 10.9. The molecule has 2 aliphatic heterocycles. The largest absolute Gasteiger partial charge is 0.480 e. The molecule has 2 atom stereocenters. The molecule has 0 aromatic heterocycles. The summed E-state index contributed by atoms with van der Waals surface area (Å²) in [7, 11) is 0. The van der Waals surface area contributed by atoms with Crippen molar-refractivity contribution in [1.82, 2.24) is 5.32 Å². The number of ether oxygens (including phenoxy) is 2. The molecule has 0 spiro atoms. The van der Waals surface area contributed by atoms with Crippen LogP contribution in [-0.2, 0) is 4.79 Å². The molecule has 1 aromatic rings. The number of rotatable bonds is 3. The van der Waals surface area contributed by atoms with Crippen LogP contribution in [-0.4, -0.2) is 34.6 Å². The predicted molar refractivity (Wildman–Crippen MR) is 69.0 cm³/mol. The molecule has 106 valence electrons. The Labute approximate surface area is 117 Å². The molecule has 2 heterocycles. The van der Waals surface area contributed by atoms with E-state index in [9.17, 15) is 14.9 Å². The average molecular weight is 298 g/mol. The van der Waals surface area contributed by atoms with E-state index in [0.717, 1.165) is 0 Å². The van der Waals surface area contributed by atoms with Gasteiger partial charge in [-0.1, -0.05) is 0 Å². The van der Waals surface area contributed by atoms with Gasteiger partial charge in [0.25, 0.3) is 5.69 Å². The maximum atomic E-state index is 11.1. The Morgan fingerprint density at radius 3 is 2.75 bits per heavy atom. The van der Waals surface area contributed by atoms with Crippen molar-refractivity contribution in [2.45, 2.75) is 11.4 Å². The summed E-state index contributed by atoms with van der Waals surface area (Å²) in [6.45, 7) is 0.0267. The maximum Gasteiger partial charge on any atom is 0.321 e. The normalized spacial score (nSPS) is 23.8. The first-order valence-electron chi connectivity index (χ1n) is 5.74. The number of aliphatic carboxylic acids is 1. The van der Waals surface area contributed by atoms with Crippen LogP contribution in [0.4, 0.5) is 5.69 Å². The third-order valence-corrected chi connectivity index (χ3v) is 4.33. The molecule has 20 heavy (non-hydrogen) atoms. The highest BCUT2D eigenvalue weighted by Crippen LogP contribution is 2.44. The van der Waals surface area contributed by atoms with E-state index < -0.39 is 22.3 Å². The van der Waals surface area contributed by atoms with Gasteiger partial charge in [0.05, 0.1) is 21.9 Å². The van der Waals surface area contributed by atoms with E-state index in [0.29, 0.717) is 22.8 Å². The number of nitrogens with zero attached hydrogens (tertiary/aromatic N) is 1. The minimum Gasteiger partial charge on any atom is -0.480 e. The molecule has 1 aromatic carbocycles. The predicted octanol–water partition coefficient (Wildman–Crippen LogP) is 1.11. The number of thioether (sulfide) groups is 1. The lowest BCUT2D eigenvalue weighted by molar-refractivity contribution is -0.385. The molecule has 9 heteroatoms. The number of carboxylic acid groups (broad SMARTS) is 1. The van der Waals surface area contributed by atoms with Crippen LogP contribution < -0.4 is 14.8 Å². The van der Waals surface area contributed by atoms with Gasteiger partial charge in [-0.05, 0) is 6.07 Å². The summed E-state index contributed by atoms with van der Waals surface area (Å²) in [4.78, 5) is 21.6. The van der Waals surface area contributed by atoms with Gasteiger partial charge >= 0.3 is 5.97 Å². The van der Waals surface area contributed by atoms with E-state index in [1.165, 1.54) is 23.9 Å². The zero-order valence-electron chi connectivity index (χ0n) is 10.1. The van der Waals surface area contributed by atoms with Crippen LogP contribution in [0, 0.1) is 10.1 Å². The first kappa shape index (κ1) is 13.0. The van der Waals surface area contributed by atoms with Crippen molar-refractivity contribution < 1.29 is 24.3 Å².